The average Bonchev–Trinajstić information content (AvgIpc) is 3.17. The topological polar surface area (TPSA) is 46.2 Å². The molecule has 1 N–H and O–H groups in total. The fourth-order valence-electron chi connectivity index (χ4n) is 4.02. The lowest BCUT2D eigenvalue weighted by molar-refractivity contribution is 0.247. The lowest BCUT2D eigenvalue weighted by atomic mass is 9.82. The fraction of sp³-hybridized carbons (Fsp3) is 1.00. The first kappa shape index (κ1) is 13.9. The van der Waals surface area contributed by atoms with Gasteiger partial charge < -0.3 is 5.32 Å². The Balaban J connectivity index is 1.56. The lowest BCUT2D eigenvalue weighted by Crippen LogP contribution is -2.43. The molecule has 2 saturated carbocycles. The van der Waals surface area contributed by atoms with Crippen LogP contribution in [0, 0.1) is 11.8 Å². The molecule has 0 aromatic heterocycles. The van der Waals surface area contributed by atoms with Crippen LogP contribution >= 0.6 is 0 Å². The summed E-state index contributed by atoms with van der Waals surface area (Å²) in [4.78, 5) is 0. The van der Waals surface area contributed by atoms with Gasteiger partial charge in [0.1, 0.15) is 0 Å². The lowest BCUT2D eigenvalue weighted by Gasteiger charge is -2.32. The van der Waals surface area contributed by atoms with Gasteiger partial charge in [0.25, 0.3) is 0 Å². The predicted octanol–water partition coefficient (Wildman–Crippen LogP) is 2.51. The van der Waals surface area contributed by atoms with Crippen molar-refractivity contribution < 1.29 is 8.42 Å². The van der Waals surface area contributed by atoms with E-state index in [9.17, 15) is 8.42 Å². The molecule has 0 aromatic carbocycles. The van der Waals surface area contributed by atoms with Gasteiger partial charge in [0.05, 0.1) is 11.0 Å². The molecule has 0 amide bonds. The van der Waals surface area contributed by atoms with Crippen LogP contribution in [-0.2, 0) is 9.84 Å². The summed E-state index contributed by atoms with van der Waals surface area (Å²) in [5, 5.41) is 3.57. The van der Waals surface area contributed by atoms with Gasteiger partial charge in [0.15, 0.2) is 9.84 Å². The zero-order valence-corrected chi connectivity index (χ0v) is 12.6. The zero-order chi connectivity index (χ0) is 13.3. The van der Waals surface area contributed by atoms with Gasteiger partial charge in [-0.25, -0.2) is 8.42 Å². The highest BCUT2D eigenvalue weighted by Gasteiger charge is 2.38. The van der Waals surface area contributed by atoms with Crippen LogP contribution in [0.5, 0.6) is 0 Å². The highest BCUT2D eigenvalue weighted by atomic mass is 32.2. The Morgan fingerprint density at radius 2 is 1.58 bits per heavy atom. The van der Waals surface area contributed by atoms with E-state index in [1.54, 1.807) is 0 Å². The van der Waals surface area contributed by atoms with Crippen LogP contribution in [0.2, 0.25) is 0 Å². The normalized spacial score (nSPS) is 33.4. The first-order chi connectivity index (χ1) is 9.17. The second-order valence-electron chi connectivity index (χ2n) is 6.80. The number of hydrogen-bond donors (Lipinski definition) is 1. The van der Waals surface area contributed by atoms with Crippen LogP contribution < -0.4 is 5.32 Å². The van der Waals surface area contributed by atoms with Gasteiger partial charge in [0, 0.05) is 12.6 Å². The minimum Gasteiger partial charge on any atom is -0.312 e. The quantitative estimate of drug-likeness (QED) is 0.844. The van der Waals surface area contributed by atoms with Crippen molar-refractivity contribution in [2.24, 2.45) is 11.8 Å². The summed E-state index contributed by atoms with van der Waals surface area (Å²) in [7, 11) is -2.78. The van der Waals surface area contributed by atoms with Crippen LogP contribution in [-0.4, -0.2) is 32.0 Å². The SMILES string of the molecule is O=S1(=O)CCC[C@H]1CN[C@H](C1CCCCC1)C1CC1. The Bertz CT molecular complexity index is 396. The monoisotopic (exact) mass is 285 g/mol. The van der Waals surface area contributed by atoms with Crippen molar-refractivity contribution in [1.29, 1.82) is 0 Å². The Kier molecular flexibility index (Phi) is 4.18. The van der Waals surface area contributed by atoms with Gasteiger partial charge in [-0.15, -0.1) is 0 Å². The molecule has 1 heterocycles. The van der Waals surface area contributed by atoms with Crippen molar-refractivity contribution >= 4 is 9.84 Å². The number of rotatable bonds is 5. The van der Waals surface area contributed by atoms with Crippen LogP contribution in [0.25, 0.3) is 0 Å². The number of sulfone groups is 1. The highest BCUT2D eigenvalue weighted by molar-refractivity contribution is 7.92. The van der Waals surface area contributed by atoms with E-state index in [1.165, 1.54) is 44.9 Å². The molecule has 1 aliphatic heterocycles. The van der Waals surface area contributed by atoms with Crippen molar-refractivity contribution in [1.82, 2.24) is 5.32 Å². The van der Waals surface area contributed by atoms with Crippen LogP contribution in [0.1, 0.15) is 57.8 Å². The molecule has 110 valence electrons. The molecule has 0 aromatic rings. The molecule has 0 bridgehead atoms. The van der Waals surface area contributed by atoms with E-state index in [1.807, 2.05) is 0 Å². The Labute approximate surface area is 117 Å². The summed E-state index contributed by atoms with van der Waals surface area (Å²) in [6.07, 6.45) is 11.3. The molecular weight excluding hydrogens is 258 g/mol. The van der Waals surface area contributed by atoms with Crippen molar-refractivity contribution in [2.75, 3.05) is 12.3 Å². The molecule has 3 nitrogen and oxygen atoms in total. The zero-order valence-electron chi connectivity index (χ0n) is 11.8. The van der Waals surface area contributed by atoms with E-state index in [4.69, 9.17) is 0 Å². The summed E-state index contributed by atoms with van der Waals surface area (Å²) in [5.41, 5.74) is 0. The summed E-state index contributed by atoms with van der Waals surface area (Å²) < 4.78 is 23.8. The molecule has 3 aliphatic rings. The Hall–Kier alpha value is -0.0900. The van der Waals surface area contributed by atoms with Crippen molar-refractivity contribution in [3.05, 3.63) is 0 Å². The highest BCUT2D eigenvalue weighted by Crippen LogP contribution is 2.40. The third-order valence-electron chi connectivity index (χ3n) is 5.33. The van der Waals surface area contributed by atoms with Gasteiger partial charge in [-0.3, -0.25) is 0 Å². The van der Waals surface area contributed by atoms with Gasteiger partial charge in [0.2, 0.25) is 0 Å². The maximum absolute atomic E-state index is 11.9. The predicted molar refractivity (Wildman–Crippen MR) is 77.9 cm³/mol. The second-order valence-corrected chi connectivity index (χ2v) is 9.20. The van der Waals surface area contributed by atoms with Crippen LogP contribution in [0.15, 0.2) is 0 Å². The number of nitrogens with one attached hydrogen (secondary N) is 1. The Morgan fingerprint density at radius 1 is 0.895 bits per heavy atom. The largest absolute Gasteiger partial charge is 0.312 e. The van der Waals surface area contributed by atoms with E-state index in [0.717, 1.165) is 24.7 Å². The van der Waals surface area contributed by atoms with Crippen molar-refractivity contribution in [3.63, 3.8) is 0 Å². The average molecular weight is 285 g/mol. The molecule has 0 unspecified atom stereocenters. The smallest absolute Gasteiger partial charge is 0.154 e. The maximum Gasteiger partial charge on any atom is 0.154 e. The van der Waals surface area contributed by atoms with Crippen molar-refractivity contribution in [2.45, 2.75) is 69.1 Å². The summed E-state index contributed by atoms with van der Waals surface area (Å²) in [6, 6.07) is 0.608. The van der Waals surface area contributed by atoms with Gasteiger partial charge in [-0.1, -0.05) is 19.3 Å². The fourth-order valence-corrected chi connectivity index (χ4v) is 5.80. The van der Waals surface area contributed by atoms with Crippen LogP contribution in [0.4, 0.5) is 0 Å². The molecule has 3 fully saturated rings. The van der Waals surface area contributed by atoms with Crippen LogP contribution in [0.3, 0.4) is 0 Å². The molecule has 2 aliphatic carbocycles. The first-order valence-corrected chi connectivity index (χ1v) is 9.83. The Morgan fingerprint density at radius 3 is 2.16 bits per heavy atom. The standard InChI is InChI=1S/C15H27NO2S/c17-19(18)10-4-7-14(19)11-16-15(13-8-9-13)12-5-2-1-3-6-12/h12-16H,1-11H2/t14-,15+/m0/s1. The molecule has 19 heavy (non-hydrogen) atoms. The second kappa shape index (κ2) is 5.72. The third kappa shape index (κ3) is 3.33. The third-order valence-corrected chi connectivity index (χ3v) is 7.61. The summed E-state index contributed by atoms with van der Waals surface area (Å²) in [5.74, 6) is 2.06. The first-order valence-electron chi connectivity index (χ1n) is 8.12. The minimum absolute atomic E-state index is 0.0997. The molecule has 3 rings (SSSR count). The van der Waals surface area contributed by atoms with E-state index >= 15 is 0 Å². The van der Waals surface area contributed by atoms with E-state index in [2.05, 4.69) is 5.32 Å². The summed E-state index contributed by atoms with van der Waals surface area (Å²) >= 11 is 0. The van der Waals surface area contributed by atoms with E-state index < -0.39 is 9.84 Å². The molecular formula is C15H27NO2S. The maximum atomic E-state index is 11.9. The minimum atomic E-state index is -2.78. The number of hydrogen-bond acceptors (Lipinski definition) is 3. The van der Waals surface area contributed by atoms with Gasteiger partial charge in [-0.05, 0) is 50.4 Å². The van der Waals surface area contributed by atoms with Gasteiger partial charge in [-0.2, -0.15) is 0 Å². The molecule has 0 spiro atoms. The van der Waals surface area contributed by atoms with E-state index in [0.29, 0.717) is 18.3 Å². The van der Waals surface area contributed by atoms with Crippen molar-refractivity contribution in [3.8, 4) is 0 Å². The van der Waals surface area contributed by atoms with E-state index in [-0.39, 0.29) is 5.25 Å². The molecule has 2 atom stereocenters. The van der Waals surface area contributed by atoms with Gasteiger partial charge >= 0.3 is 0 Å². The molecule has 1 saturated heterocycles. The molecule has 4 heteroatoms. The summed E-state index contributed by atoms with van der Waals surface area (Å²) in [6.45, 7) is 0.708. The molecule has 0 radical (unpaired) electrons.